The normalized spacial score (nSPS) is 10.8. The fourth-order valence-corrected chi connectivity index (χ4v) is 2.65. The Hall–Kier alpha value is -4.14. The molecule has 166 valence electrons. The van der Waals surface area contributed by atoms with Crippen molar-refractivity contribution >= 4 is 29.3 Å². The van der Waals surface area contributed by atoms with Gasteiger partial charge >= 0.3 is 17.9 Å². The maximum Gasteiger partial charge on any atom is 0.407 e. The van der Waals surface area contributed by atoms with Gasteiger partial charge in [-0.3, -0.25) is 9.59 Å². The molecule has 0 atom stereocenters. The van der Waals surface area contributed by atoms with E-state index in [1.54, 1.807) is 75.5 Å². The first kappa shape index (κ1) is 22.5. The van der Waals surface area contributed by atoms with Crippen LogP contribution in [-0.2, 0) is 20.9 Å². The van der Waals surface area contributed by atoms with Crippen LogP contribution in [-0.4, -0.2) is 28.5 Å². The molecule has 0 fully saturated rings. The van der Waals surface area contributed by atoms with E-state index in [9.17, 15) is 14.4 Å². The topological polar surface area (TPSA) is 123 Å². The van der Waals surface area contributed by atoms with Gasteiger partial charge in [0.2, 0.25) is 0 Å². The fraction of sp³-hybridized carbons (Fsp3) is 0.217. The molecule has 3 rings (SSSR count). The highest BCUT2D eigenvalue weighted by molar-refractivity contribution is 6.43. The summed E-state index contributed by atoms with van der Waals surface area (Å²) >= 11 is 0. The molecule has 0 saturated carbocycles. The van der Waals surface area contributed by atoms with Crippen LogP contribution in [0.5, 0.6) is 0 Å². The third-order valence-electron chi connectivity index (χ3n) is 4.11. The Morgan fingerprint density at radius 3 is 1.97 bits per heavy atom. The quantitative estimate of drug-likeness (QED) is 0.521. The Balaban J connectivity index is 1.48. The van der Waals surface area contributed by atoms with Gasteiger partial charge in [0.05, 0.1) is 6.20 Å². The maximum atomic E-state index is 12.2. The minimum Gasteiger partial charge on any atom is -0.444 e. The lowest BCUT2D eigenvalue weighted by molar-refractivity contribution is -0.132. The minimum absolute atomic E-state index is 0.272. The summed E-state index contributed by atoms with van der Waals surface area (Å²) in [5, 5.41) is 7.72. The van der Waals surface area contributed by atoms with Gasteiger partial charge in [0.1, 0.15) is 5.60 Å². The van der Waals surface area contributed by atoms with Crippen LogP contribution in [0.4, 0.5) is 16.2 Å². The summed E-state index contributed by atoms with van der Waals surface area (Å²) in [7, 11) is 0. The van der Waals surface area contributed by atoms with Crippen LogP contribution in [0, 0.1) is 0 Å². The van der Waals surface area contributed by atoms with Gasteiger partial charge in [-0.05, 0) is 62.7 Å². The van der Waals surface area contributed by atoms with E-state index in [-0.39, 0.29) is 6.54 Å². The molecule has 0 aliphatic heterocycles. The number of aromatic nitrogens is 1. The number of anilines is 2. The summed E-state index contributed by atoms with van der Waals surface area (Å²) < 4.78 is 10.4. The molecule has 1 aromatic heterocycles. The van der Waals surface area contributed by atoms with Gasteiger partial charge < -0.3 is 25.1 Å². The highest BCUT2D eigenvalue weighted by Crippen LogP contribution is 2.20. The van der Waals surface area contributed by atoms with E-state index in [2.05, 4.69) is 20.9 Å². The van der Waals surface area contributed by atoms with Crippen molar-refractivity contribution in [1.29, 1.82) is 0 Å². The van der Waals surface area contributed by atoms with Crippen LogP contribution in [0.3, 0.4) is 0 Å². The van der Waals surface area contributed by atoms with Crippen molar-refractivity contribution in [3.63, 3.8) is 0 Å². The molecule has 0 radical (unpaired) electrons. The number of carbonyl (C=O) groups excluding carboxylic acids is 3. The number of rotatable bonds is 5. The molecule has 3 aromatic rings. The second-order valence-electron chi connectivity index (χ2n) is 7.90. The molecule has 3 amide bonds. The van der Waals surface area contributed by atoms with E-state index in [4.69, 9.17) is 9.15 Å². The third kappa shape index (κ3) is 6.69. The average molecular weight is 436 g/mol. The van der Waals surface area contributed by atoms with E-state index in [1.807, 2.05) is 0 Å². The van der Waals surface area contributed by atoms with Crippen LogP contribution in [0.25, 0.3) is 11.3 Å². The van der Waals surface area contributed by atoms with E-state index in [1.165, 1.54) is 6.39 Å². The van der Waals surface area contributed by atoms with E-state index in [0.717, 1.165) is 11.1 Å². The average Bonchev–Trinajstić information content (AvgIpc) is 3.27. The Morgan fingerprint density at radius 2 is 1.47 bits per heavy atom. The summed E-state index contributed by atoms with van der Waals surface area (Å²) in [5.41, 5.74) is 1.96. The second kappa shape index (κ2) is 9.78. The zero-order valence-corrected chi connectivity index (χ0v) is 18.0. The van der Waals surface area contributed by atoms with Crippen LogP contribution in [0.1, 0.15) is 26.3 Å². The molecule has 0 unspecified atom stereocenters. The summed E-state index contributed by atoms with van der Waals surface area (Å²) in [6.45, 7) is 5.63. The molecule has 0 bridgehead atoms. The lowest BCUT2D eigenvalue weighted by atomic mass is 10.1. The SMILES string of the molecule is CC(C)(C)OC(=O)NCc1ccc(NC(=O)C(=O)Nc2ccc(-c3cnco3)cc2)cc1. The summed E-state index contributed by atoms with van der Waals surface area (Å²) in [6, 6.07) is 13.6. The van der Waals surface area contributed by atoms with Crippen molar-refractivity contribution in [3.05, 3.63) is 66.7 Å². The number of hydrogen-bond donors (Lipinski definition) is 3. The molecule has 1 heterocycles. The third-order valence-corrected chi connectivity index (χ3v) is 4.11. The number of alkyl carbamates (subject to hydrolysis) is 1. The Labute approximate surface area is 185 Å². The monoisotopic (exact) mass is 436 g/mol. The van der Waals surface area contributed by atoms with Crippen molar-refractivity contribution < 1.29 is 23.5 Å². The predicted molar refractivity (Wildman–Crippen MR) is 119 cm³/mol. The molecule has 9 heteroatoms. The fourth-order valence-electron chi connectivity index (χ4n) is 2.65. The Morgan fingerprint density at radius 1 is 0.906 bits per heavy atom. The van der Waals surface area contributed by atoms with Gasteiger partial charge in [-0.1, -0.05) is 12.1 Å². The Bertz CT molecular complexity index is 1070. The molecule has 9 nitrogen and oxygen atoms in total. The van der Waals surface area contributed by atoms with Crippen molar-refractivity contribution in [1.82, 2.24) is 10.3 Å². The number of benzene rings is 2. The molecule has 0 saturated heterocycles. The number of hydrogen-bond acceptors (Lipinski definition) is 6. The second-order valence-corrected chi connectivity index (χ2v) is 7.90. The molecule has 0 spiro atoms. The number of oxazole rings is 1. The number of amides is 3. The smallest absolute Gasteiger partial charge is 0.407 e. The molecule has 32 heavy (non-hydrogen) atoms. The van der Waals surface area contributed by atoms with E-state index >= 15 is 0 Å². The van der Waals surface area contributed by atoms with Gasteiger partial charge in [-0.2, -0.15) is 0 Å². The first-order valence-electron chi connectivity index (χ1n) is 9.87. The Kier molecular flexibility index (Phi) is 6.89. The first-order chi connectivity index (χ1) is 15.2. The molecule has 0 aliphatic rings. The predicted octanol–water partition coefficient (Wildman–Crippen LogP) is 3.94. The van der Waals surface area contributed by atoms with Crippen molar-refractivity contribution in [2.24, 2.45) is 0 Å². The zero-order valence-electron chi connectivity index (χ0n) is 18.0. The lowest BCUT2D eigenvalue weighted by Gasteiger charge is -2.19. The van der Waals surface area contributed by atoms with Crippen molar-refractivity contribution in [2.45, 2.75) is 32.9 Å². The van der Waals surface area contributed by atoms with Gasteiger partial charge in [-0.25, -0.2) is 9.78 Å². The molecule has 3 N–H and O–H groups in total. The molecule has 2 aromatic carbocycles. The molecular formula is C23H24N4O5. The largest absolute Gasteiger partial charge is 0.444 e. The minimum atomic E-state index is -0.802. The lowest BCUT2D eigenvalue weighted by Crippen LogP contribution is -2.32. The van der Waals surface area contributed by atoms with Gasteiger partial charge in [0.25, 0.3) is 0 Å². The number of carbonyl (C=O) groups is 3. The van der Waals surface area contributed by atoms with Gasteiger partial charge in [-0.15, -0.1) is 0 Å². The molecular weight excluding hydrogens is 412 g/mol. The number of nitrogens with one attached hydrogen (secondary N) is 3. The summed E-state index contributed by atoms with van der Waals surface area (Å²) in [5.74, 6) is -0.998. The van der Waals surface area contributed by atoms with Crippen LogP contribution in [0.15, 0.2) is 65.5 Å². The highest BCUT2D eigenvalue weighted by Gasteiger charge is 2.16. The van der Waals surface area contributed by atoms with Crippen LogP contribution >= 0.6 is 0 Å². The van der Waals surface area contributed by atoms with Crippen LogP contribution < -0.4 is 16.0 Å². The summed E-state index contributed by atoms with van der Waals surface area (Å²) in [6.07, 6.45) is 2.40. The van der Waals surface area contributed by atoms with Gasteiger partial charge in [0.15, 0.2) is 12.2 Å². The first-order valence-corrected chi connectivity index (χ1v) is 9.87. The van der Waals surface area contributed by atoms with E-state index < -0.39 is 23.5 Å². The molecule has 0 aliphatic carbocycles. The number of nitrogens with zero attached hydrogens (tertiary/aromatic N) is 1. The summed E-state index contributed by atoms with van der Waals surface area (Å²) in [4.78, 5) is 39.9. The van der Waals surface area contributed by atoms with Crippen LogP contribution in [0.2, 0.25) is 0 Å². The zero-order chi connectivity index (χ0) is 23.1. The number of ether oxygens (including phenoxy) is 1. The maximum absolute atomic E-state index is 12.2. The standard InChI is InChI=1S/C23H24N4O5/c1-23(2,3)32-22(30)25-12-15-4-8-17(9-5-15)26-20(28)21(29)27-18-10-6-16(7-11-18)19-13-24-14-31-19/h4-11,13-14H,12H2,1-3H3,(H,25,30)(H,26,28)(H,27,29). The highest BCUT2D eigenvalue weighted by atomic mass is 16.6. The van der Waals surface area contributed by atoms with E-state index in [0.29, 0.717) is 17.1 Å². The van der Waals surface area contributed by atoms with Crippen molar-refractivity contribution in [3.8, 4) is 11.3 Å². The van der Waals surface area contributed by atoms with Gasteiger partial charge in [0, 0.05) is 23.5 Å². The van der Waals surface area contributed by atoms with Crippen molar-refractivity contribution in [2.75, 3.05) is 10.6 Å².